The first-order valence-corrected chi connectivity index (χ1v) is 10.9. The van der Waals surface area contributed by atoms with Crippen molar-refractivity contribution in [1.82, 2.24) is 15.1 Å². The third-order valence-corrected chi connectivity index (χ3v) is 5.89. The molecule has 0 atom stereocenters. The third kappa shape index (κ3) is 4.66. The van der Waals surface area contributed by atoms with E-state index >= 15 is 0 Å². The number of ether oxygens (including phenoxy) is 1. The first-order chi connectivity index (χ1) is 13.1. The molecule has 0 aliphatic carbocycles. The summed E-state index contributed by atoms with van der Waals surface area (Å²) in [6.45, 7) is 0.948. The number of nitrogens with one attached hydrogen (secondary N) is 2. The summed E-state index contributed by atoms with van der Waals surface area (Å²) in [6, 6.07) is 7.47. The first kappa shape index (κ1) is 19.8. The summed E-state index contributed by atoms with van der Waals surface area (Å²) >= 11 is 3.27. The van der Waals surface area contributed by atoms with E-state index in [0.717, 1.165) is 27.7 Å². The summed E-state index contributed by atoms with van der Waals surface area (Å²) in [6.07, 6.45) is 1.94. The van der Waals surface area contributed by atoms with Gasteiger partial charge >= 0.3 is 0 Å². The Bertz CT molecular complexity index is 838. The maximum absolute atomic E-state index is 12.9. The Morgan fingerprint density at radius 1 is 1.33 bits per heavy atom. The zero-order valence-corrected chi connectivity index (χ0v) is 16.9. The van der Waals surface area contributed by atoms with E-state index in [4.69, 9.17) is 4.74 Å². The fraction of sp³-hybridized carbons (Fsp3) is 0.389. The van der Waals surface area contributed by atoms with Crippen LogP contribution >= 0.6 is 23.5 Å². The summed E-state index contributed by atoms with van der Waals surface area (Å²) in [5.41, 5.74) is 2.54. The molecule has 0 spiro atoms. The molecule has 2 aromatic rings. The predicted molar refractivity (Wildman–Crippen MR) is 108 cm³/mol. The van der Waals surface area contributed by atoms with E-state index in [1.54, 1.807) is 29.6 Å². The van der Waals surface area contributed by atoms with E-state index < -0.39 is 0 Å². The summed E-state index contributed by atoms with van der Waals surface area (Å²) in [5.74, 6) is 1.82. The lowest BCUT2D eigenvalue weighted by molar-refractivity contribution is -0.122. The van der Waals surface area contributed by atoms with E-state index in [0.29, 0.717) is 24.5 Å². The molecular formula is C18H22N4O3S2. The van der Waals surface area contributed by atoms with Crippen molar-refractivity contribution < 1.29 is 14.3 Å². The summed E-state index contributed by atoms with van der Waals surface area (Å²) in [7, 11) is 1.59. The quantitative estimate of drug-likeness (QED) is 0.517. The van der Waals surface area contributed by atoms with Crippen LogP contribution in [0.5, 0.6) is 0 Å². The van der Waals surface area contributed by atoms with Gasteiger partial charge in [0.25, 0.3) is 5.91 Å². The average Bonchev–Trinajstić information content (AvgIpc) is 3.24. The van der Waals surface area contributed by atoms with Gasteiger partial charge in [0.1, 0.15) is 12.4 Å². The van der Waals surface area contributed by atoms with Gasteiger partial charge in [0, 0.05) is 35.6 Å². The van der Waals surface area contributed by atoms with Crippen LogP contribution in [0.2, 0.25) is 0 Å². The number of hydrogen-bond acceptors (Lipinski definition) is 6. The highest BCUT2D eigenvalue weighted by atomic mass is 32.2. The Hall–Kier alpha value is -1.97. The predicted octanol–water partition coefficient (Wildman–Crippen LogP) is 2.37. The molecular weight excluding hydrogens is 384 g/mol. The SMILES string of the molecule is COCCNC(=O)Cn1nc2c(c1NC(=O)c1ccccc1SC)CSC2. The number of thioether (sulfide) groups is 2. The van der Waals surface area contributed by atoms with Gasteiger partial charge in [-0.15, -0.1) is 11.8 Å². The number of aromatic nitrogens is 2. The number of carbonyl (C=O) groups excluding carboxylic acids is 2. The van der Waals surface area contributed by atoms with Crippen LogP contribution in [0.3, 0.4) is 0 Å². The molecule has 0 bridgehead atoms. The largest absolute Gasteiger partial charge is 0.383 e. The Morgan fingerprint density at radius 3 is 2.93 bits per heavy atom. The lowest BCUT2D eigenvalue weighted by Crippen LogP contribution is -2.31. The van der Waals surface area contributed by atoms with E-state index in [2.05, 4.69) is 15.7 Å². The molecule has 0 saturated carbocycles. The van der Waals surface area contributed by atoms with Crippen molar-refractivity contribution >= 4 is 41.2 Å². The minimum atomic E-state index is -0.194. The Labute approximate surface area is 166 Å². The molecule has 9 heteroatoms. The van der Waals surface area contributed by atoms with Crippen LogP contribution < -0.4 is 10.6 Å². The number of carbonyl (C=O) groups is 2. The molecule has 1 aliphatic heterocycles. The van der Waals surface area contributed by atoms with Gasteiger partial charge in [-0.25, -0.2) is 4.68 Å². The molecule has 3 rings (SSSR count). The Morgan fingerprint density at radius 2 is 2.15 bits per heavy atom. The second kappa shape index (κ2) is 9.29. The van der Waals surface area contributed by atoms with Crippen LogP contribution in [-0.2, 0) is 27.6 Å². The van der Waals surface area contributed by atoms with Crippen molar-refractivity contribution in [2.75, 3.05) is 31.8 Å². The topological polar surface area (TPSA) is 85.2 Å². The lowest BCUT2D eigenvalue weighted by Gasteiger charge is -2.12. The van der Waals surface area contributed by atoms with Gasteiger partial charge in [-0.1, -0.05) is 12.1 Å². The number of fused-ring (bicyclic) bond motifs is 1. The van der Waals surface area contributed by atoms with Gasteiger partial charge in [-0.3, -0.25) is 9.59 Å². The molecule has 1 aromatic heterocycles. The molecule has 0 fully saturated rings. The monoisotopic (exact) mass is 406 g/mol. The molecule has 7 nitrogen and oxygen atoms in total. The molecule has 0 saturated heterocycles. The average molecular weight is 407 g/mol. The Balaban J connectivity index is 1.80. The van der Waals surface area contributed by atoms with Crippen molar-refractivity contribution in [3.8, 4) is 0 Å². The normalized spacial score (nSPS) is 12.7. The number of amides is 2. The van der Waals surface area contributed by atoms with Gasteiger partial charge in [0.05, 0.1) is 17.9 Å². The lowest BCUT2D eigenvalue weighted by atomic mass is 10.2. The van der Waals surface area contributed by atoms with E-state index in [9.17, 15) is 9.59 Å². The number of nitrogens with zero attached hydrogens (tertiary/aromatic N) is 2. The van der Waals surface area contributed by atoms with Crippen LogP contribution in [0, 0.1) is 0 Å². The number of benzene rings is 1. The van der Waals surface area contributed by atoms with Crippen molar-refractivity contribution in [1.29, 1.82) is 0 Å². The van der Waals surface area contributed by atoms with E-state index in [1.807, 2.05) is 24.5 Å². The van der Waals surface area contributed by atoms with Gasteiger partial charge in [0.2, 0.25) is 5.91 Å². The first-order valence-electron chi connectivity index (χ1n) is 8.50. The number of methoxy groups -OCH3 is 1. The van der Waals surface area contributed by atoms with Crippen LogP contribution in [-0.4, -0.2) is 48.1 Å². The van der Waals surface area contributed by atoms with Gasteiger partial charge in [-0.05, 0) is 18.4 Å². The molecule has 1 aromatic carbocycles. The fourth-order valence-corrected chi connectivity index (χ4v) is 4.44. The summed E-state index contributed by atoms with van der Waals surface area (Å²) in [5, 5.41) is 10.3. The second-order valence-corrected chi connectivity index (χ2v) is 7.76. The minimum absolute atomic E-state index is 0.0567. The van der Waals surface area contributed by atoms with Crippen molar-refractivity contribution in [2.45, 2.75) is 22.9 Å². The fourth-order valence-electron chi connectivity index (χ4n) is 2.81. The highest BCUT2D eigenvalue weighted by Crippen LogP contribution is 2.35. The molecule has 1 aliphatic rings. The zero-order chi connectivity index (χ0) is 19.2. The molecule has 2 heterocycles. The van der Waals surface area contributed by atoms with Crippen LogP contribution in [0.15, 0.2) is 29.2 Å². The number of rotatable bonds is 8. The van der Waals surface area contributed by atoms with Crippen molar-refractivity contribution in [3.05, 3.63) is 41.1 Å². The number of hydrogen-bond donors (Lipinski definition) is 2. The van der Waals surface area contributed by atoms with E-state index in [-0.39, 0.29) is 18.4 Å². The number of anilines is 1. The highest BCUT2D eigenvalue weighted by Gasteiger charge is 2.25. The third-order valence-electron chi connectivity index (χ3n) is 4.12. The maximum atomic E-state index is 12.9. The van der Waals surface area contributed by atoms with Gasteiger partial charge in [0.15, 0.2) is 0 Å². The molecule has 27 heavy (non-hydrogen) atoms. The van der Waals surface area contributed by atoms with Crippen LogP contribution in [0.1, 0.15) is 21.6 Å². The minimum Gasteiger partial charge on any atom is -0.383 e. The summed E-state index contributed by atoms with van der Waals surface area (Å²) in [4.78, 5) is 25.9. The second-order valence-electron chi connectivity index (χ2n) is 5.92. The van der Waals surface area contributed by atoms with Crippen molar-refractivity contribution in [2.24, 2.45) is 0 Å². The molecule has 144 valence electrons. The van der Waals surface area contributed by atoms with Crippen LogP contribution in [0.25, 0.3) is 0 Å². The van der Waals surface area contributed by atoms with Crippen LogP contribution in [0.4, 0.5) is 5.82 Å². The molecule has 0 radical (unpaired) electrons. The zero-order valence-electron chi connectivity index (χ0n) is 15.3. The molecule has 2 N–H and O–H groups in total. The Kier molecular flexibility index (Phi) is 6.81. The summed E-state index contributed by atoms with van der Waals surface area (Å²) < 4.78 is 6.53. The standard InChI is InChI=1S/C18H22N4O3S2/c1-25-8-7-19-16(23)9-22-17(13-10-27-11-14(13)21-22)20-18(24)12-5-3-4-6-15(12)26-2/h3-6H,7-11H2,1-2H3,(H,19,23)(H,20,24). The van der Waals surface area contributed by atoms with Gasteiger partial charge < -0.3 is 15.4 Å². The highest BCUT2D eigenvalue weighted by molar-refractivity contribution is 7.98. The van der Waals surface area contributed by atoms with Crippen molar-refractivity contribution in [3.63, 3.8) is 0 Å². The maximum Gasteiger partial charge on any atom is 0.257 e. The molecule has 2 amide bonds. The van der Waals surface area contributed by atoms with Gasteiger partial charge in [-0.2, -0.15) is 16.9 Å². The smallest absolute Gasteiger partial charge is 0.257 e. The molecule has 0 unspecified atom stereocenters. The van der Waals surface area contributed by atoms with E-state index in [1.165, 1.54) is 11.8 Å².